The van der Waals surface area contributed by atoms with Crippen LogP contribution in [0.2, 0.25) is 0 Å². The Morgan fingerprint density at radius 2 is 1.12 bits per heavy atom. The van der Waals surface area contributed by atoms with Crippen LogP contribution < -0.4 is 0 Å². The molecule has 0 bridgehead atoms. The standard InChI is InChI=1S/C46H88O16P2/c1-4-5-20-26-38(47)30-31-42-41(43(49)32-44(42)50)27-22-18-19-23-28-45(51)58-35-40(36-61-64(56,57)60-34-39(48)33-59-63(53,54)55)62-46(52)29-24-17-15-13-11-9-7-6-8-10-12-14-16-21-25-37(2)3/h30-31,37-44,47-50H,4-29,32-36H2,1-3H3,(H,56,57)(H2,53,54,55)/b31-30+/t38-,39-,40+,41+,42+,43-,44+/m0/s1. The number of carbonyl (C=O) groups excluding carboxylic acids is 2. The summed E-state index contributed by atoms with van der Waals surface area (Å²) < 4.78 is 47.9. The van der Waals surface area contributed by atoms with E-state index in [2.05, 4.69) is 25.3 Å². The fraction of sp³-hybridized carbons (Fsp3) is 0.913. The van der Waals surface area contributed by atoms with Gasteiger partial charge in [-0.1, -0.05) is 161 Å². The lowest BCUT2D eigenvalue weighted by Crippen LogP contribution is -2.30. The minimum Gasteiger partial charge on any atom is -0.462 e. The molecule has 1 unspecified atom stereocenters. The van der Waals surface area contributed by atoms with Gasteiger partial charge in [-0.25, -0.2) is 9.13 Å². The molecular formula is C46H88O16P2. The third-order valence-corrected chi connectivity index (χ3v) is 13.1. The molecule has 16 nitrogen and oxygen atoms in total. The van der Waals surface area contributed by atoms with Gasteiger partial charge in [0.1, 0.15) is 12.7 Å². The molecule has 0 spiro atoms. The van der Waals surface area contributed by atoms with E-state index in [9.17, 15) is 44.0 Å². The Bertz CT molecular complexity index is 1310. The van der Waals surface area contributed by atoms with E-state index in [1.54, 1.807) is 6.08 Å². The molecule has 7 N–H and O–H groups in total. The molecule has 1 saturated carbocycles. The highest BCUT2D eigenvalue weighted by Gasteiger charge is 2.39. The van der Waals surface area contributed by atoms with Crippen LogP contribution >= 0.6 is 15.6 Å². The molecule has 0 amide bonds. The normalized spacial score (nSPS) is 20.4. The molecule has 1 rings (SSSR count). The van der Waals surface area contributed by atoms with Crippen LogP contribution in [0, 0.1) is 17.8 Å². The Hall–Kier alpha value is -1.26. The van der Waals surface area contributed by atoms with Crippen LogP contribution in [-0.4, -0.2) is 104 Å². The molecule has 378 valence electrons. The largest absolute Gasteiger partial charge is 0.472 e. The first-order valence-electron chi connectivity index (χ1n) is 24.5. The minimum atomic E-state index is -4.89. The van der Waals surface area contributed by atoms with Crippen LogP contribution in [0.3, 0.4) is 0 Å². The molecule has 0 aromatic heterocycles. The van der Waals surface area contributed by atoms with E-state index in [1.165, 1.54) is 64.2 Å². The van der Waals surface area contributed by atoms with Gasteiger partial charge < -0.3 is 44.6 Å². The number of rotatable bonds is 42. The van der Waals surface area contributed by atoms with E-state index >= 15 is 0 Å². The number of unbranched alkanes of at least 4 members (excludes halogenated alkanes) is 18. The van der Waals surface area contributed by atoms with Crippen molar-refractivity contribution < 1.29 is 76.9 Å². The second kappa shape index (κ2) is 36.7. The maximum atomic E-state index is 12.8. The van der Waals surface area contributed by atoms with E-state index in [-0.39, 0.29) is 24.7 Å². The van der Waals surface area contributed by atoms with Crippen molar-refractivity contribution >= 4 is 27.6 Å². The molecule has 1 aliphatic rings. The number of hydrogen-bond donors (Lipinski definition) is 7. The van der Waals surface area contributed by atoms with Gasteiger partial charge >= 0.3 is 27.6 Å². The average molecular weight is 959 g/mol. The summed E-state index contributed by atoms with van der Waals surface area (Å²) in [5.41, 5.74) is 0. The first kappa shape index (κ1) is 60.8. The van der Waals surface area contributed by atoms with Crippen molar-refractivity contribution in [1.29, 1.82) is 0 Å². The number of phosphoric ester groups is 2. The molecule has 8 atom stereocenters. The minimum absolute atomic E-state index is 0.0719. The van der Waals surface area contributed by atoms with Crippen molar-refractivity contribution in [2.45, 2.75) is 225 Å². The van der Waals surface area contributed by atoms with Gasteiger partial charge in [-0.15, -0.1) is 0 Å². The number of aliphatic hydroxyl groups excluding tert-OH is 4. The Balaban J connectivity index is 2.48. The Labute approximate surface area is 384 Å². The fourth-order valence-corrected chi connectivity index (χ4v) is 9.08. The van der Waals surface area contributed by atoms with Crippen molar-refractivity contribution in [2.75, 3.05) is 26.4 Å². The monoisotopic (exact) mass is 959 g/mol. The highest BCUT2D eigenvalue weighted by atomic mass is 31.2. The van der Waals surface area contributed by atoms with Gasteiger partial charge in [-0.05, 0) is 37.5 Å². The Kier molecular flexibility index (Phi) is 34.9. The van der Waals surface area contributed by atoms with Crippen molar-refractivity contribution in [3.63, 3.8) is 0 Å². The number of hydrogen-bond acceptors (Lipinski definition) is 13. The van der Waals surface area contributed by atoms with Gasteiger partial charge in [-0.2, -0.15) is 0 Å². The van der Waals surface area contributed by atoms with Crippen LogP contribution in [0.4, 0.5) is 0 Å². The zero-order chi connectivity index (χ0) is 47.6. The Morgan fingerprint density at radius 3 is 1.69 bits per heavy atom. The molecule has 0 radical (unpaired) electrons. The summed E-state index contributed by atoms with van der Waals surface area (Å²) in [4.78, 5) is 53.1. The topological polar surface area (TPSA) is 256 Å². The molecular weight excluding hydrogens is 870 g/mol. The summed E-state index contributed by atoms with van der Waals surface area (Å²) in [7, 11) is -9.75. The van der Waals surface area contributed by atoms with Crippen LogP contribution in [0.5, 0.6) is 0 Å². The maximum absolute atomic E-state index is 12.8. The van der Waals surface area contributed by atoms with Gasteiger partial charge in [-0.3, -0.25) is 23.2 Å². The molecule has 64 heavy (non-hydrogen) atoms. The van der Waals surface area contributed by atoms with Crippen molar-refractivity contribution in [3.8, 4) is 0 Å². The first-order valence-corrected chi connectivity index (χ1v) is 27.5. The lowest BCUT2D eigenvalue weighted by atomic mass is 9.88. The maximum Gasteiger partial charge on any atom is 0.472 e. The number of ether oxygens (including phenoxy) is 2. The lowest BCUT2D eigenvalue weighted by Gasteiger charge is -2.21. The van der Waals surface area contributed by atoms with E-state index in [4.69, 9.17) is 28.3 Å². The number of carbonyl (C=O) groups is 2. The highest BCUT2D eigenvalue weighted by molar-refractivity contribution is 7.47. The molecule has 1 aliphatic carbocycles. The number of esters is 2. The van der Waals surface area contributed by atoms with Gasteiger partial charge in [0.25, 0.3) is 0 Å². The summed E-state index contributed by atoms with van der Waals surface area (Å²) in [6.45, 7) is 3.78. The predicted octanol–water partition coefficient (Wildman–Crippen LogP) is 9.14. The zero-order valence-electron chi connectivity index (χ0n) is 39.4. The molecule has 1 fully saturated rings. The third-order valence-electron chi connectivity index (χ3n) is 11.7. The Morgan fingerprint density at radius 1 is 0.625 bits per heavy atom. The third kappa shape index (κ3) is 34.1. The molecule has 0 aromatic carbocycles. The molecule has 0 heterocycles. The second-order valence-corrected chi connectivity index (χ2v) is 20.9. The van der Waals surface area contributed by atoms with Crippen molar-refractivity contribution in [2.24, 2.45) is 17.8 Å². The zero-order valence-corrected chi connectivity index (χ0v) is 41.2. The summed E-state index contributed by atoms with van der Waals surface area (Å²) in [5.74, 6) is -0.722. The summed E-state index contributed by atoms with van der Waals surface area (Å²) in [6, 6.07) is 0. The first-order chi connectivity index (χ1) is 30.4. The predicted molar refractivity (Wildman–Crippen MR) is 246 cm³/mol. The lowest BCUT2D eigenvalue weighted by molar-refractivity contribution is -0.161. The quantitative estimate of drug-likeness (QED) is 0.0130. The van der Waals surface area contributed by atoms with Gasteiger partial charge in [0.05, 0.1) is 38.1 Å². The summed E-state index contributed by atoms with van der Waals surface area (Å²) in [6.07, 6.45) is 24.1. The average Bonchev–Trinajstić information content (AvgIpc) is 3.50. The van der Waals surface area contributed by atoms with E-state index in [0.29, 0.717) is 38.5 Å². The molecule has 18 heteroatoms. The van der Waals surface area contributed by atoms with Crippen LogP contribution in [0.25, 0.3) is 0 Å². The molecule has 0 saturated heterocycles. The SMILES string of the molecule is CCCCC[C@H](O)/C=C/[C@@H]1[C@@H](CCCCCCC(=O)OC[C@H](COP(=O)(O)OC[C@@H](O)COP(=O)(O)O)OC(=O)CCCCCCCCCCCCCCCCC(C)C)[C@@H](O)C[C@H]1O. The summed E-state index contributed by atoms with van der Waals surface area (Å²) in [5, 5.41) is 41.2. The smallest absolute Gasteiger partial charge is 0.462 e. The molecule has 0 aliphatic heterocycles. The molecule has 0 aromatic rings. The van der Waals surface area contributed by atoms with E-state index in [1.807, 2.05) is 6.08 Å². The van der Waals surface area contributed by atoms with Gasteiger partial charge in [0.15, 0.2) is 6.10 Å². The highest BCUT2D eigenvalue weighted by Crippen LogP contribution is 2.44. The van der Waals surface area contributed by atoms with E-state index < -0.39 is 84.5 Å². The second-order valence-electron chi connectivity index (χ2n) is 18.2. The summed E-state index contributed by atoms with van der Waals surface area (Å²) >= 11 is 0. The van der Waals surface area contributed by atoms with Crippen LogP contribution in [0.1, 0.15) is 194 Å². The number of phosphoric acid groups is 2. The fourth-order valence-electron chi connectivity index (χ4n) is 7.92. The van der Waals surface area contributed by atoms with Crippen LogP contribution in [0.15, 0.2) is 12.2 Å². The van der Waals surface area contributed by atoms with Gasteiger partial charge in [0.2, 0.25) is 0 Å². The van der Waals surface area contributed by atoms with Crippen molar-refractivity contribution in [3.05, 3.63) is 12.2 Å². The van der Waals surface area contributed by atoms with Crippen LogP contribution in [-0.2, 0) is 41.8 Å². The van der Waals surface area contributed by atoms with Gasteiger partial charge in [0, 0.05) is 25.2 Å². The number of aliphatic hydroxyl groups is 4. The van der Waals surface area contributed by atoms with E-state index in [0.717, 1.165) is 63.7 Å². The van der Waals surface area contributed by atoms with Crippen molar-refractivity contribution in [1.82, 2.24) is 0 Å².